The third-order valence-electron chi connectivity index (χ3n) is 2.79. The first kappa shape index (κ1) is 15.2. The summed E-state index contributed by atoms with van der Waals surface area (Å²) >= 11 is 0. The molecule has 1 aliphatic rings. The Labute approximate surface area is 112 Å². The molecule has 0 aliphatic carbocycles. The number of nitrogens with zero attached hydrogens (tertiary/aromatic N) is 1. The number of alkyl halides is 1. The van der Waals surface area contributed by atoms with Crippen molar-refractivity contribution in [2.75, 3.05) is 6.61 Å². The van der Waals surface area contributed by atoms with E-state index in [1.165, 1.54) is 0 Å². The number of halogens is 1. The Morgan fingerprint density at radius 1 is 1.60 bits per heavy atom. The second-order valence-electron chi connectivity index (χ2n) is 4.12. The van der Waals surface area contributed by atoms with Gasteiger partial charge in [-0.1, -0.05) is 0 Å². The summed E-state index contributed by atoms with van der Waals surface area (Å²) in [6.45, 7) is -0.325. The van der Waals surface area contributed by atoms with E-state index in [2.05, 4.69) is 4.52 Å². The molecule has 112 valence electrons. The van der Waals surface area contributed by atoms with Crippen LogP contribution < -0.4 is 16.8 Å². The van der Waals surface area contributed by atoms with E-state index >= 15 is 0 Å². The second kappa shape index (κ2) is 6.08. The van der Waals surface area contributed by atoms with Crippen molar-refractivity contribution in [2.45, 2.75) is 24.6 Å². The lowest BCUT2D eigenvalue weighted by Crippen LogP contribution is -2.35. The van der Waals surface area contributed by atoms with Gasteiger partial charge in [0.2, 0.25) is 8.53 Å². The van der Waals surface area contributed by atoms with Gasteiger partial charge in [-0.05, 0) is 0 Å². The van der Waals surface area contributed by atoms with E-state index in [0.717, 1.165) is 16.8 Å². The number of nitrogens with two attached hydrogens (primary N) is 1. The van der Waals surface area contributed by atoms with E-state index in [4.69, 9.17) is 15.1 Å². The zero-order valence-corrected chi connectivity index (χ0v) is 10.9. The molecule has 11 heteroatoms. The first-order valence-electron chi connectivity index (χ1n) is 5.56. The third-order valence-corrected chi connectivity index (χ3v) is 3.20. The Morgan fingerprint density at radius 2 is 2.30 bits per heavy atom. The van der Waals surface area contributed by atoms with Crippen LogP contribution in [0.4, 0.5) is 4.39 Å². The van der Waals surface area contributed by atoms with Crippen molar-refractivity contribution in [1.82, 2.24) is 9.55 Å². The molecule has 1 saturated heterocycles. The quantitative estimate of drug-likeness (QED) is 0.487. The summed E-state index contributed by atoms with van der Waals surface area (Å²) in [6.07, 6.45) is -4.86. The fraction of sp³-hybridized carbons (Fsp3) is 0.556. The van der Waals surface area contributed by atoms with Gasteiger partial charge < -0.3 is 19.3 Å². The van der Waals surface area contributed by atoms with Gasteiger partial charge in [-0.2, -0.15) is 0 Å². The first-order chi connectivity index (χ1) is 9.40. The van der Waals surface area contributed by atoms with Gasteiger partial charge in [0.1, 0.15) is 12.2 Å². The number of rotatable bonds is 4. The van der Waals surface area contributed by atoms with Gasteiger partial charge in [-0.15, -0.1) is 0 Å². The molecule has 1 aromatic rings. The van der Waals surface area contributed by atoms with Gasteiger partial charge >= 0.3 is 5.69 Å². The SMILES string of the molecule is NP(O)OC[C@H]1O[C@@H](n2ccc(=O)[nH]c2=O)[C@H](F)[C@@H]1O. The lowest BCUT2D eigenvalue weighted by atomic mass is 10.1. The number of nitrogens with one attached hydrogen (secondary N) is 1. The van der Waals surface area contributed by atoms with Crippen LogP contribution >= 0.6 is 8.53 Å². The molecule has 0 radical (unpaired) electrons. The molecule has 2 heterocycles. The average molecular weight is 309 g/mol. The van der Waals surface area contributed by atoms with Crippen LogP contribution in [0.5, 0.6) is 0 Å². The van der Waals surface area contributed by atoms with Crippen LogP contribution in [0.15, 0.2) is 21.9 Å². The Morgan fingerprint density at radius 3 is 2.90 bits per heavy atom. The molecule has 1 unspecified atom stereocenters. The summed E-state index contributed by atoms with van der Waals surface area (Å²) in [5.41, 5.74) is 3.52. The van der Waals surface area contributed by atoms with Crippen molar-refractivity contribution in [3.05, 3.63) is 33.1 Å². The summed E-state index contributed by atoms with van der Waals surface area (Å²) < 4.78 is 24.6. The predicted molar refractivity (Wildman–Crippen MR) is 65.4 cm³/mol. The van der Waals surface area contributed by atoms with Gasteiger partial charge in [0.15, 0.2) is 12.4 Å². The summed E-state index contributed by atoms with van der Waals surface area (Å²) in [5, 5.41) is 9.67. The van der Waals surface area contributed by atoms with E-state index in [-0.39, 0.29) is 6.61 Å². The fourth-order valence-electron chi connectivity index (χ4n) is 1.84. The van der Waals surface area contributed by atoms with Crippen LogP contribution in [0, 0.1) is 0 Å². The number of hydrogen-bond donors (Lipinski definition) is 4. The van der Waals surface area contributed by atoms with Gasteiger partial charge in [0.25, 0.3) is 5.56 Å². The number of H-pyrrole nitrogens is 1. The Hall–Kier alpha value is -1.16. The van der Waals surface area contributed by atoms with Crippen molar-refractivity contribution >= 4 is 8.53 Å². The zero-order valence-electron chi connectivity index (χ0n) is 10.0. The largest absolute Gasteiger partial charge is 0.387 e. The van der Waals surface area contributed by atoms with Crippen LogP contribution in [-0.4, -0.2) is 44.5 Å². The molecule has 0 amide bonds. The van der Waals surface area contributed by atoms with E-state index in [9.17, 15) is 19.1 Å². The number of aliphatic hydroxyl groups excluding tert-OH is 1. The number of ether oxygens (including phenoxy) is 1. The maximum Gasteiger partial charge on any atom is 0.330 e. The standard InChI is InChI=1S/C9H13FN3O6P/c10-6-7(15)4(3-18-20(11)17)19-8(6)13-2-1-5(14)12-9(13)16/h1-2,4,6-8,15,17H,3,11H2,(H,12,14,16)/t4-,6-,7-,8-,20?/m1/s1. The van der Waals surface area contributed by atoms with Gasteiger partial charge in [0.05, 0.1) is 6.61 Å². The topological polar surface area (TPSA) is 140 Å². The molecular formula is C9H13FN3O6P. The Kier molecular flexibility index (Phi) is 4.63. The number of aromatic amines is 1. The molecule has 1 fully saturated rings. The average Bonchev–Trinajstić information content (AvgIpc) is 2.64. The lowest BCUT2D eigenvalue weighted by molar-refractivity contribution is -0.0444. The highest BCUT2D eigenvalue weighted by atomic mass is 31.2. The molecule has 1 aliphatic heterocycles. The molecule has 1 aromatic heterocycles. The zero-order chi connectivity index (χ0) is 14.9. The minimum atomic E-state index is -2.16. The van der Waals surface area contributed by atoms with E-state index in [1.807, 2.05) is 4.98 Å². The third kappa shape index (κ3) is 3.11. The number of aromatic nitrogens is 2. The molecule has 5 atom stereocenters. The molecule has 0 saturated carbocycles. The molecule has 2 rings (SSSR count). The van der Waals surface area contributed by atoms with Crippen molar-refractivity contribution in [2.24, 2.45) is 5.50 Å². The van der Waals surface area contributed by atoms with E-state index < -0.39 is 44.4 Å². The molecule has 0 aromatic carbocycles. The highest BCUT2D eigenvalue weighted by molar-refractivity contribution is 7.43. The highest BCUT2D eigenvalue weighted by Crippen LogP contribution is 2.32. The Bertz CT molecular complexity index is 577. The Balaban J connectivity index is 2.17. The van der Waals surface area contributed by atoms with Crippen molar-refractivity contribution in [1.29, 1.82) is 0 Å². The molecule has 5 N–H and O–H groups in total. The second-order valence-corrected chi connectivity index (χ2v) is 4.98. The molecule has 0 spiro atoms. The molecule has 20 heavy (non-hydrogen) atoms. The van der Waals surface area contributed by atoms with Crippen molar-refractivity contribution < 1.29 is 23.7 Å². The lowest BCUT2D eigenvalue weighted by Gasteiger charge is -2.16. The maximum absolute atomic E-state index is 14.0. The van der Waals surface area contributed by atoms with E-state index in [0.29, 0.717) is 0 Å². The summed E-state index contributed by atoms with van der Waals surface area (Å²) in [7, 11) is -2.16. The maximum atomic E-state index is 14.0. The van der Waals surface area contributed by atoms with Crippen LogP contribution in [0.3, 0.4) is 0 Å². The first-order valence-corrected chi connectivity index (χ1v) is 6.84. The highest BCUT2D eigenvalue weighted by Gasteiger charge is 2.45. The smallest absolute Gasteiger partial charge is 0.330 e. The number of hydrogen-bond acceptors (Lipinski definition) is 7. The minimum absolute atomic E-state index is 0.325. The van der Waals surface area contributed by atoms with Gasteiger partial charge in [-0.25, -0.2) is 9.18 Å². The van der Waals surface area contributed by atoms with Crippen LogP contribution in [0.2, 0.25) is 0 Å². The molecule has 0 bridgehead atoms. The van der Waals surface area contributed by atoms with E-state index in [1.54, 1.807) is 0 Å². The van der Waals surface area contributed by atoms with Crippen molar-refractivity contribution in [3.8, 4) is 0 Å². The van der Waals surface area contributed by atoms with Crippen LogP contribution in [0.1, 0.15) is 6.23 Å². The minimum Gasteiger partial charge on any atom is -0.387 e. The molecule has 9 nitrogen and oxygen atoms in total. The number of aliphatic hydroxyl groups is 1. The summed E-state index contributed by atoms with van der Waals surface area (Å²) in [5.74, 6) is 0. The van der Waals surface area contributed by atoms with Crippen molar-refractivity contribution in [3.63, 3.8) is 0 Å². The van der Waals surface area contributed by atoms with Crippen LogP contribution in [0.25, 0.3) is 0 Å². The molecular weight excluding hydrogens is 296 g/mol. The fourth-order valence-corrected chi connectivity index (χ4v) is 2.14. The summed E-state index contributed by atoms with van der Waals surface area (Å²) in [6, 6.07) is 1.03. The van der Waals surface area contributed by atoms with Gasteiger partial charge in [0, 0.05) is 12.3 Å². The monoisotopic (exact) mass is 309 g/mol. The predicted octanol–water partition coefficient (Wildman–Crippen LogP) is -1.67. The summed E-state index contributed by atoms with van der Waals surface area (Å²) in [4.78, 5) is 33.2. The van der Waals surface area contributed by atoms with Gasteiger partial charge in [-0.3, -0.25) is 19.8 Å². The normalized spacial score (nSPS) is 31.4. The van der Waals surface area contributed by atoms with Crippen LogP contribution in [-0.2, 0) is 9.26 Å².